The first-order valence-electron chi connectivity index (χ1n) is 10.4. The van der Waals surface area contributed by atoms with Gasteiger partial charge in [0, 0.05) is 43.2 Å². The fourth-order valence-electron chi connectivity index (χ4n) is 5.88. The number of nitrogens with zero attached hydrogens (tertiary/aromatic N) is 2. The molecule has 2 saturated carbocycles. The van der Waals surface area contributed by atoms with Crippen molar-refractivity contribution in [3.63, 3.8) is 0 Å². The average Bonchev–Trinajstić information content (AvgIpc) is 2.95. The quantitative estimate of drug-likeness (QED) is 0.773. The summed E-state index contributed by atoms with van der Waals surface area (Å²) < 4.78 is 28.3. The Bertz CT molecular complexity index is 895. The van der Waals surface area contributed by atoms with E-state index >= 15 is 0 Å². The number of Topliss-reactive ketones (excluding diaryl/α,β-unsaturated/α-hetero) is 1. The molecule has 1 aromatic carbocycles. The fourth-order valence-corrected chi connectivity index (χ4v) is 8.16. The fraction of sp³-hybridized carbons (Fsp3) is 0.682. The van der Waals surface area contributed by atoms with Gasteiger partial charge in [-0.2, -0.15) is 4.31 Å². The third kappa shape index (κ3) is 2.91. The summed E-state index contributed by atoms with van der Waals surface area (Å²) in [5, 5.41) is 0. The third-order valence-corrected chi connectivity index (χ3v) is 9.86. The standard InChI is InChI=1S/C22H32N2O3S/c1-16-6-5-7-19(12-16)24-11-10-23(14-17(24)2)28(26,27)15-22-9-8-18(13-20(22)25)21(22,3)4/h5-7,12,17-18H,8-11,13-15H2,1-4H3/t17?,18-,22?/m0/s1. The van der Waals surface area contributed by atoms with Crippen molar-refractivity contribution in [3.8, 4) is 0 Å². The maximum absolute atomic E-state index is 13.4. The van der Waals surface area contributed by atoms with Crippen molar-refractivity contribution >= 4 is 21.5 Å². The van der Waals surface area contributed by atoms with Crippen LogP contribution in [0.4, 0.5) is 5.69 Å². The summed E-state index contributed by atoms with van der Waals surface area (Å²) in [7, 11) is -3.48. The minimum absolute atomic E-state index is 0.0144. The number of aryl methyl sites for hydroxylation is 1. The van der Waals surface area contributed by atoms with Gasteiger partial charge in [-0.15, -0.1) is 0 Å². The number of hydrogen-bond acceptors (Lipinski definition) is 4. The van der Waals surface area contributed by atoms with E-state index in [1.807, 2.05) is 6.07 Å². The SMILES string of the molecule is Cc1cccc(N2CCN(S(=O)(=O)CC34CC[C@@H](CC3=O)C4(C)C)CC2C)c1. The monoisotopic (exact) mass is 404 g/mol. The van der Waals surface area contributed by atoms with E-state index in [0.29, 0.717) is 32.0 Å². The van der Waals surface area contributed by atoms with Gasteiger partial charge in [-0.05, 0) is 55.7 Å². The Hall–Kier alpha value is -1.40. The summed E-state index contributed by atoms with van der Waals surface area (Å²) in [5.74, 6) is 0.496. The molecule has 154 valence electrons. The maximum Gasteiger partial charge on any atom is 0.215 e. The first kappa shape index (κ1) is 19.9. The highest BCUT2D eigenvalue weighted by atomic mass is 32.2. The van der Waals surface area contributed by atoms with Crippen LogP contribution in [0.3, 0.4) is 0 Å². The molecule has 0 radical (unpaired) electrons. The van der Waals surface area contributed by atoms with Crippen molar-refractivity contribution in [2.75, 3.05) is 30.3 Å². The molecule has 2 bridgehead atoms. The number of benzene rings is 1. The van der Waals surface area contributed by atoms with E-state index in [0.717, 1.165) is 18.5 Å². The van der Waals surface area contributed by atoms with Gasteiger partial charge in [0.25, 0.3) is 0 Å². The summed E-state index contributed by atoms with van der Waals surface area (Å²) >= 11 is 0. The van der Waals surface area contributed by atoms with Crippen molar-refractivity contribution in [2.45, 2.75) is 53.0 Å². The number of sulfonamides is 1. The van der Waals surface area contributed by atoms with Gasteiger partial charge >= 0.3 is 0 Å². The molecule has 5 nitrogen and oxygen atoms in total. The molecule has 1 aliphatic heterocycles. The molecular weight excluding hydrogens is 372 g/mol. The molecule has 1 heterocycles. The second kappa shape index (κ2) is 6.56. The molecule has 2 unspecified atom stereocenters. The van der Waals surface area contributed by atoms with Crippen LogP contribution in [0.15, 0.2) is 24.3 Å². The van der Waals surface area contributed by atoms with Gasteiger partial charge in [0.2, 0.25) is 10.0 Å². The van der Waals surface area contributed by atoms with Gasteiger partial charge in [0.05, 0.1) is 5.75 Å². The molecule has 4 rings (SSSR count). The smallest absolute Gasteiger partial charge is 0.215 e. The van der Waals surface area contributed by atoms with Crippen LogP contribution in [0, 0.1) is 23.7 Å². The molecule has 0 N–H and O–H groups in total. The Morgan fingerprint density at radius 3 is 2.54 bits per heavy atom. The number of ketones is 1. The van der Waals surface area contributed by atoms with Gasteiger partial charge in [0.15, 0.2) is 0 Å². The van der Waals surface area contributed by atoms with E-state index < -0.39 is 15.4 Å². The summed E-state index contributed by atoms with van der Waals surface area (Å²) in [6.45, 7) is 9.99. The number of fused-ring (bicyclic) bond motifs is 2. The summed E-state index contributed by atoms with van der Waals surface area (Å²) in [6.07, 6.45) is 2.26. The number of hydrogen-bond donors (Lipinski definition) is 0. The second-order valence-electron chi connectivity index (χ2n) is 9.66. The lowest BCUT2D eigenvalue weighted by molar-refractivity contribution is -0.128. The van der Waals surface area contributed by atoms with Crippen LogP contribution in [-0.4, -0.2) is 49.9 Å². The number of rotatable bonds is 4. The lowest BCUT2D eigenvalue weighted by Gasteiger charge is -2.43. The van der Waals surface area contributed by atoms with Crippen molar-refractivity contribution in [3.05, 3.63) is 29.8 Å². The van der Waals surface area contributed by atoms with E-state index in [2.05, 4.69) is 50.8 Å². The summed E-state index contributed by atoms with van der Waals surface area (Å²) in [4.78, 5) is 15.1. The third-order valence-electron chi connectivity index (χ3n) is 7.88. The van der Waals surface area contributed by atoms with Gasteiger partial charge in [-0.25, -0.2) is 8.42 Å². The Kier molecular flexibility index (Phi) is 4.66. The topological polar surface area (TPSA) is 57.7 Å². The van der Waals surface area contributed by atoms with Crippen molar-refractivity contribution in [1.82, 2.24) is 4.31 Å². The summed E-state index contributed by atoms with van der Waals surface area (Å²) in [5.41, 5.74) is 1.45. The lowest BCUT2D eigenvalue weighted by Crippen LogP contribution is -2.56. The van der Waals surface area contributed by atoms with Crippen molar-refractivity contribution in [2.24, 2.45) is 16.7 Å². The Balaban J connectivity index is 1.52. The Morgan fingerprint density at radius 1 is 1.21 bits per heavy atom. The largest absolute Gasteiger partial charge is 0.366 e. The summed E-state index contributed by atoms with van der Waals surface area (Å²) in [6, 6.07) is 8.46. The average molecular weight is 405 g/mol. The van der Waals surface area contributed by atoms with E-state index in [-0.39, 0.29) is 23.0 Å². The van der Waals surface area contributed by atoms with Gasteiger partial charge in [0.1, 0.15) is 5.78 Å². The van der Waals surface area contributed by atoms with E-state index in [1.165, 1.54) is 5.56 Å². The molecule has 0 amide bonds. The zero-order chi connectivity index (χ0) is 20.3. The van der Waals surface area contributed by atoms with E-state index in [9.17, 15) is 13.2 Å². The van der Waals surface area contributed by atoms with Crippen LogP contribution < -0.4 is 4.90 Å². The Morgan fingerprint density at radius 2 is 1.96 bits per heavy atom. The molecule has 6 heteroatoms. The first-order valence-corrected chi connectivity index (χ1v) is 12.0. The van der Waals surface area contributed by atoms with E-state index in [1.54, 1.807) is 4.31 Å². The number of carbonyl (C=O) groups is 1. The van der Waals surface area contributed by atoms with Gasteiger partial charge < -0.3 is 4.90 Å². The lowest BCUT2D eigenvalue weighted by atomic mass is 9.70. The van der Waals surface area contributed by atoms with Crippen LogP contribution in [0.2, 0.25) is 0 Å². The predicted molar refractivity (Wildman–Crippen MR) is 112 cm³/mol. The van der Waals surface area contributed by atoms with Crippen LogP contribution in [0.5, 0.6) is 0 Å². The molecule has 3 fully saturated rings. The van der Waals surface area contributed by atoms with Crippen LogP contribution in [0.1, 0.15) is 45.6 Å². The predicted octanol–water partition coefficient (Wildman–Crippen LogP) is 3.23. The van der Waals surface area contributed by atoms with Crippen LogP contribution in [0.25, 0.3) is 0 Å². The highest BCUT2D eigenvalue weighted by molar-refractivity contribution is 7.89. The number of carbonyl (C=O) groups excluding carboxylic acids is 1. The normalized spacial score (nSPS) is 32.9. The second-order valence-corrected chi connectivity index (χ2v) is 11.6. The zero-order valence-electron chi connectivity index (χ0n) is 17.4. The molecular formula is C22H32N2O3S. The van der Waals surface area contributed by atoms with Crippen LogP contribution >= 0.6 is 0 Å². The molecule has 2 aliphatic carbocycles. The molecule has 28 heavy (non-hydrogen) atoms. The number of anilines is 1. The van der Waals surface area contributed by atoms with Crippen LogP contribution in [-0.2, 0) is 14.8 Å². The molecule has 0 spiro atoms. The van der Waals surface area contributed by atoms with Gasteiger partial charge in [-0.1, -0.05) is 26.0 Å². The minimum atomic E-state index is -3.48. The molecule has 1 aromatic rings. The zero-order valence-corrected chi connectivity index (χ0v) is 18.3. The first-order chi connectivity index (χ1) is 13.1. The van der Waals surface area contributed by atoms with Gasteiger partial charge in [-0.3, -0.25) is 4.79 Å². The molecule has 0 aromatic heterocycles. The molecule has 3 aliphatic rings. The highest BCUT2D eigenvalue weighted by Gasteiger charge is 2.65. The highest BCUT2D eigenvalue weighted by Crippen LogP contribution is 2.64. The molecule has 1 saturated heterocycles. The number of piperazine rings is 1. The maximum atomic E-state index is 13.4. The van der Waals surface area contributed by atoms with Crippen molar-refractivity contribution < 1.29 is 13.2 Å². The molecule has 3 atom stereocenters. The Labute approximate surface area is 169 Å². The van der Waals surface area contributed by atoms with Crippen molar-refractivity contribution in [1.29, 1.82) is 0 Å². The minimum Gasteiger partial charge on any atom is -0.366 e. The van der Waals surface area contributed by atoms with E-state index in [4.69, 9.17) is 0 Å².